The van der Waals surface area contributed by atoms with Crippen molar-refractivity contribution in [3.05, 3.63) is 0 Å². The molecule has 4 amide bonds. The van der Waals surface area contributed by atoms with Crippen molar-refractivity contribution in [1.29, 1.82) is 0 Å². The average Bonchev–Trinajstić information content (AvgIpc) is 2.75. The van der Waals surface area contributed by atoms with Gasteiger partial charge in [-0.3, -0.25) is 28.8 Å². The lowest BCUT2D eigenvalue weighted by Crippen LogP contribution is -2.57. The van der Waals surface area contributed by atoms with E-state index in [9.17, 15) is 38.7 Å². The quantitative estimate of drug-likeness (QED) is 0.0909. The monoisotopic (exact) mass is 521 g/mol. The van der Waals surface area contributed by atoms with Crippen LogP contribution in [0.25, 0.3) is 0 Å². The lowest BCUT2D eigenvalue weighted by atomic mass is 10.1. The van der Waals surface area contributed by atoms with Gasteiger partial charge in [0, 0.05) is 12.8 Å². The summed E-state index contributed by atoms with van der Waals surface area (Å²) in [5.41, 5.74) is 10.6. The SMILES string of the molecule is CSCCC(NC(=O)C(CCC(N)=O)NC(=O)C(CCC(=O)O)NC(=O)C(N)CC(=O)O)C(=O)O. The number of aliphatic carboxylic acids is 3. The Kier molecular flexibility index (Phi) is 14.7. The highest BCUT2D eigenvalue weighted by atomic mass is 32.2. The van der Waals surface area contributed by atoms with Crippen LogP contribution in [0, 0.1) is 0 Å². The molecule has 35 heavy (non-hydrogen) atoms. The molecule has 0 bridgehead atoms. The van der Waals surface area contributed by atoms with E-state index < -0.39 is 85.0 Å². The summed E-state index contributed by atoms with van der Waals surface area (Å²) < 4.78 is 0. The highest BCUT2D eigenvalue weighted by molar-refractivity contribution is 7.98. The molecule has 0 saturated heterocycles. The molecule has 0 rings (SSSR count). The Morgan fingerprint density at radius 1 is 0.743 bits per heavy atom. The molecule has 0 aliphatic heterocycles. The van der Waals surface area contributed by atoms with Gasteiger partial charge in [0.15, 0.2) is 0 Å². The summed E-state index contributed by atoms with van der Waals surface area (Å²) >= 11 is 1.35. The van der Waals surface area contributed by atoms with Gasteiger partial charge < -0.3 is 42.7 Å². The van der Waals surface area contributed by atoms with Crippen LogP contribution in [0.4, 0.5) is 0 Å². The van der Waals surface area contributed by atoms with Gasteiger partial charge in [-0.15, -0.1) is 0 Å². The zero-order valence-corrected chi connectivity index (χ0v) is 19.8. The van der Waals surface area contributed by atoms with Gasteiger partial charge in [-0.2, -0.15) is 11.8 Å². The van der Waals surface area contributed by atoms with E-state index in [1.54, 1.807) is 6.26 Å². The lowest BCUT2D eigenvalue weighted by Gasteiger charge is -2.24. The Labute approximate surface area is 204 Å². The van der Waals surface area contributed by atoms with Crippen molar-refractivity contribution < 1.29 is 48.9 Å². The minimum Gasteiger partial charge on any atom is -0.481 e. The second-order valence-corrected chi connectivity index (χ2v) is 8.43. The van der Waals surface area contributed by atoms with E-state index in [1.807, 2.05) is 0 Å². The third kappa shape index (κ3) is 13.8. The van der Waals surface area contributed by atoms with Gasteiger partial charge in [-0.1, -0.05) is 0 Å². The summed E-state index contributed by atoms with van der Waals surface area (Å²) in [7, 11) is 0. The number of thioether (sulfide) groups is 1. The van der Waals surface area contributed by atoms with Crippen molar-refractivity contribution >= 4 is 53.3 Å². The molecule has 0 radical (unpaired) electrons. The molecule has 0 aliphatic rings. The number of hydrogen-bond acceptors (Lipinski definition) is 9. The maximum absolute atomic E-state index is 12.8. The van der Waals surface area contributed by atoms with Crippen LogP contribution in [0.3, 0.4) is 0 Å². The van der Waals surface area contributed by atoms with Crippen molar-refractivity contribution in [1.82, 2.24) is 16.0 Å². The predicted octanol–water partition coefficient (Wildman–Crippen LogP) is -2.79. The Balaban J connectivity index is 5.61. The average molecular weight is 522 g/mol. The van der Waals surface area contributed by atoms with Crippen LogP contribution in [-0.4, -0.2) is 93.0 Å². The van der Waals surface area contributed by atoms with E-state index in [1.165, 1.54) is 11.8 Å². The Hall–Kier alpha value is -3.40. The molecule has 4 atom stereocenters. The molecule has 0 aliphatic carbocycles. The first-order valence-electron chi connectivity index (χ1n) is 10.4. The number of hydrogen-bond donors (Lipinski definition) is 8. The molecule has 0 spiro atoms. The highest BCUT2D eigenvalue weighted by Gasteiger charge is 2.31. The minimum atomic E-state index is -1.53. The molecule has 0 aromatic heterocycles. The maximum atomic E-state index is 12.8. The Morgan fingerprint density at radius 3 is 1.66 bits per heavy atom. The van der Waals surface area contributed by atoms with Crippen LogP contribution >= 0.6 is 11.8 Å². The zero-order chi connectivity index (χ0) is 27.1. The van der Waals surface area contributed by atoms with E-state index in [0.717, 1.165) is 0 Å². The van der Waals surface area contributed by atoms with Crippen LogP contribution in [0.5, 0.6) is 0 Å². The summed E-state index contributed by atoms with van der Waals surface area (Å²) in [5, 5.41) is 33.7. The fourth-order valence-electron chi connectivity index (χ4n) is 2.69. The van der Waals surface area contributed by atoms with Crippen molar-refractivity contribution in [3.8, 4) is 0 Å². The van der Waals surface area contributed by atoms with Crippen LogP contribution in [0.2, 0.25) is 0 Å². The van der Waals surface area contributed by atoms with E-state index in [0.29, 0.717) is 5.75 Å². The lowest BCUT2D eigenvalue weighted by molar-refractivity contribution is -0.142. The summed E-state index contributed by atoms with van der Waals surface area (Å²) in [6.07, 6.45) is -0.587. The van der Waals surface area contributed by atoms with E-state index in [2.05, 4.69) is 16.0 Å². The van der Waals surface area contributed by atoms with Gasteiger partial charge in [0.25, 0.3) is 0 Å². The van der Waals surface area contributed by atoms with Crippen LogP contribution < -0.4 is 27.4 Å². The third-order valence-electron chi connectivity index (χ3n) is 4.55. The summed E-state index contributed by atoms with van der Waals surface area (Å²) in [4.78, 5) is 82.0. The number of carbonyl (C=O) groups is 7. The molecule has 10 N–H and O–H groups in total. The minimum absolute atomic E-state index is 0.0808. The van der Waals surface area contributed by atoms with E-state index >= 15 is 0 Å². The fraction of sp³-hybridized carbons (Fsp3) is 0.632. The van der Waals surface area contributed by atoms with Crippen LogP contribution in [-0.2, 0) is 33.6 Å². The fourth-order valence-corrected chi connectivity index (χ4v) is 3.16. The number of carboxylic acids is 3. The van der Waals surface area contributed by atoms with Gasteiger partial charge >= 0.3 is 17.9 Å². The Bertz CT molecular complexity index is 809. The molecule has 0 aromatic carbocycles. The molecule has 4 unspecified atom stereocenters. The summed E-state index contributed by atoms with van der Waals surface area (Å²) in [5.74, 6) is -7.38. The smallest absolute Gasteiger partial charge is 0.326 e. The number of nitrogens with two attached hydrogens (primary N) is 2. The second-order valence-electron chi connectivity index (χ2n) is 7.44. The summed E-state index contributed by atoms with van der Waals surface area (Å²) in [6, 6.07) is -5.77. The number of amides is 4. The van der Waals surface area contributed by atoms with Crippen molar-refractivity contribution in [2.45, 2.75) is 62.7 Å². The largest absolute Gasteiger partial charge is 0.481 e. The normalized spacial score (nSPS) is 14.0. The van der Waals surface area contributed by atoms with Crippen molar-refractivity contribution in [2.75, 3.05) is 12.0 Å². The van der Waals surface area contributed by atoms with Gasteiger partial charge in [-0.25, -0.2) is 4.79 Å². The van der Waals surface area contributed by atoms with E-state index in [4.69, 9.17) is 21.7 Å². The highest BCUT2D eigenvalue weighted by Crippen LogP contribution is 2.06. The van der Waals surface area contributed by atoms with Gasteiger partial charge in [0.1, 0.15) is 18.1 Å². The van der Waals surface area contributed by atoms with Crippen molar-refractivity contribution in [2.24, 2.45) is 11.5 Å². The molecule has 0 saturated carbocycles. The molecular weight excluding hydrogens is 490 g/mol. The number of primary amides is 1. The molecule has 0 heterocycles. The van der Waals surface area contributed by atoms with Crippen LogP contribution in [0.15, 0.2) is 0 Å². The first kappa shape index (κ1) is 31.6. The first-order valence-corrected chi connectivity index (χ1v) is 11.8. The number of rotatable bonds is 18. The zero-order valence-electron chi connectivity index (χ0n) is 19.0. The number of carbonyl (C=O) groups excluding carboxylic acids is 4. The van der Waals surface area contributed by atoms with Gasteiger partial charge in [0.05, 0.1) is 12.5 Å². The van der Waals surface area contributed by atoms with Crippen LogP contribution in [0.1, 0.15) is 38.5 Å². The Morgan fingerprint density at radius 2 is 1.23 bits per heavy atom. The topological polar surface area (TPSA) is 268 Å². The van der Waals surface area contributed by atoms with Gasteiger partial charge in [-0.05, 0) is 31.3 Å². The molecule has 0 aromatic rings. The molecule has 0 fully saturated rings. The molecule has 15 nitrogen and oxygen atoms in total. The summed E-state index contributed by atoms with van der Waals surface area (Å²) in [6.45, 7) is 0. The van der Waals surface area contributed by atoms with Gasteiger partial charge in [0.2, 0.25) is 23.6 Å². The molecular formula is C19H31N5O10S. The third-order valence-corrected chi connectivity index (χ3v) is 5.19. The standard InChI is InChI=1S/C19H31N5O10S/c1-35-7-6-12(19(33)34)24-18(32)10(2-4-13(21)25)23-17(31)11(3-5-14(26)27)22-16(30)9(20)8-15(28)29/h9-12H,2-8,20H2,1H3,(H2,21,25)(H,22,30)(H,23,31)(H,24,32)(H,26,27)(H,28,29)(H,33,34). The molecule has 198 valence electrons. The second kappa shape index (κ2) is 16.3. The first-order chi connectivity index (χ1) is 16.3. The number of carboxylic acid groups (broad SMARTS) is 3. The predicted molar refractivity (Wildman–Crippen MR) is 122 cm³/mol. The number of nitrogens with one attached hydrogen (secondary N) is 3. The van der Waals surface area contributed by atoms with E-state index in [-0.39, 0.29) is 19.3 Å². The molecule has 16 heteroatoms. The maximum Gasteiger partial charge on any atom is 0.326 e. The van der Waals surface area contributed by atoms with Crippen molar-refractivity contribution in [3.63, 3.8) is 0 Å².